The van der Waals surface area contributed by atoms with Crippen molar-refractivity contribution in [3.63, 3.8) is 0 Å². The van der Waals surface area contributed by atoms with E-state index in [-0.39, 0.29) is 5.97 Å². The van der Waals surface area contributed by atoms with Crippen LogP contribution in [0.2, 0.25) is 0 Å². The Morgan fingerprint density at radius 1 is 0.957 bits per heavy atom. The van der Waals surface area contributed by atoms with Gasteiger partial charge in [0.15, 0.2) is 11.6 Å². The summed E-state index contributed by atoms with van der Waals surface area (Å²) in [5, 5.41) is 0. The molecule has 0 N–H and O–H groups in total. The molecule has 3 heteroatoms. The van der Waals surface area contributed by atoms with Crippen molar-refractivity contribution >= 4 is 17.9 Å². The normalized spacial score (nSPS) is 15.7. The van der Waals surface area contributed by atoms with Crippen molar-refractivity contribution in [1.82, 2.24) is 0 Å². The summed E-state index contributed by atoms with van der Waals surface area (Å²) < 4.78 is 5.29. The van der Waals surface area contributed by atoms with Gasteiger partial charge in [-0.15, -0.1) is 0 Å². The maximum atomic E-state index is 12.0. The Bertz CT molecular complexity index is 803. The molecule has 3 nitrogen and oxygen atoms in total. The third-order valence-corrected chi connectivity index (χ3v) is 4.01. The Balaban J connectivity index is 1.74. The highest BCUT2D eigenvalue weighted by Crippen LogP contribution is 2.20. The summed E-state index contributed by atoms with van der Waals surface area (Å²) in [7, 11) is 0. The maximum absolute atomic E-state index is 12.0. The van der Waals surface area contributed by atoms with Crippen LogP contribution in [0.3, 0.4) is 0 Å². The minimum absolute atomic E-state index is 0.368. The summed E-state index contributed by atoms with van der Waals surface area (Å²) in [5.74, 6) is 0.131. The fraction of sp³-hybridized carbons (Fsp3) is 0.200. The van der Waals surface area contributed by atoms with Crippen molar-refractivity contribution in [2.45, 2.75) is 26.7 Å². The Morgan fingerprint density at radius 2 is 1.65 bits per heavy atom. The Labute approximate surface area is 136 Å². The Kier molecular flexibility index (Phi) is 4.38. The van der Waals surface area contributed by atoms with Crippen molar-refractivity contribution in [2.24, 2.45) is 4.99 Å². The van der Waals surface area contributed by atoms with Gasteiger partial charge < -0.3 is 4.74 Å². The molecule has 3 rings (SSSR count). The van der Waals surface area contributed by atoms with Gasteiger partial charge in [0.25, 0.3) is 0 Å². The fourth-order valence-electron chi connectivity index (χ4n) is 2.59. The second kappa shape index (κ2) is 6.61. The van der Waals surface area contributed by atoms with E-state index >= 15 is 0 Å². The van der Waals surface area contributed by atoms with Crippen LogP contribution in [0.4, 0.5) is 0 Å². The second-order valence-corrected chi connectivity index (χ2v) is 5.71. The number of nitrogens with zero attached hydrogens (tertiary/aromatic N) is 1. The average Bonchev–Trinajstić information content (AvgIpc) is 2.89. The van der Waals surface area contributed by atoms with Crippen molar-refractivity contribution in [3.8, 4) is 0 Å². The molecule has 23 heavy (non-hydrogen) atoms. The molecular weight excluding hydrogens is 286 g/mol. The number of carbonyl (C=O) groups is 1. The lowest BCUT2D eigenvalue weighted by atomic mass is 10.0. The van der Waals surface area contributed by atoms with E-state index in [1.165, 1.54) is 11.1 Å². The van der Waals surface area contributed by atoms with Crippen molar-refractivity contribution in [2.75, 3.05) is 0 Å². The van der Waals surface area contributed by atoms with Gasteiger partial charge in [0.2, 0.25) is 0 Å². The molecule has 1 aliphatic rings. The highest BCUT2D eigenvalue weighted by atomic mass is 16.6. The van der Waals surface area contributed by atoms with E-state index < -0.39 is 0 Å². The number of benzene rings is 2. The molecule has 0 spiro atoms. The average molecular weight is 305 g/mol. The molecule has 0 bridgehead atoms. The van der Waals surface area contributed by atoms with E-state index in [0.717, 1.165) is 17.5 Å². The molecule has 0 amide bonds. The van der Waals surface area contributed by atoms with Gasteiger partial charge in [-0.1, -0.05) is 48.5 Å². The second-order valence-electron chi connectivity index (χ2n) is 5.71. The number of carbonyl (C=O) groups excluding carboxylic acids is 1. The first-order chi connectivity index (χ1) is 11.1. The van der Waals surface area contributed by atoms with Crippen LogP contribution in [-0.2, 0) is 16.0 Å². The van der Waals surface area contributed by atoms with E-state index in [9.17, 15) is 4.79 Å². The molecule has 0 saturated carbocycles. The molecule has 0 aromatic heterocycles. The van der Waals surface area contributed by atoms with Crippen LogP contribution in [-0.4, -0.2) is 11.9 Å². The molecular formula is C20H19NO2. The lowest BCUT2D eigenvalue weighted by Crippen LogP contribution is -2.05. The Hall–Kier alpha value is -2.68. The summed E-state index contributed by atoms with van der Waals surface area (Å²) in [4.78, 5) is 16.3. The first-order valence-electron chi connectivity index (χ1n) is 7.75. The molecule has 0 unspecified atom stereocenters. The van der Waals surface area contributed by atoms with Gasteiger partial charge in [0.05, 0.1) is 0 Å². The van der Waals surface area contributed by atoms with Crippen LogP contribution in [0.15, 0.2) is 59.2 Å². The van der Waals surface area contributed by atoms with Crippen LogP contribution < -0.4 is 0 Å². The van der Waals surface area contributed by atoms with Crippen LogP contribution in [0, 0.1) is 13.8 Å². The molecule has 0 atom stereocenters. The van der Waals surface area contributed by atoms with Gasteiger partial charge >= 0.3 is 5.97 Å². The van der Waals surface area contributed by atoms with Crippen molar-refractivity contribution in [3.05, 3.63) is 76.5 Å². The summed E-state index contributed by atoms with van der Waals surface area (Å²) in [5.41, 5.74) is 4.97. The number of hydrogen-bond donors (Lipinski definition) is 0. The van der Waals surface area contributed by atoms with E-state index in [2.05, 4.69) is 24.0 Å². The van der Waals surface area contributed by atoms with Gasteiger partial charge in [0, 0.05) is 6.42 Å². The van der Waals surface area contributed by atoms with E-state index in [4.69, 9.17) is 4.74 Å². The quantitative estimate of drug-likeness (QED) is 0.626. The molecule has 1 aliphatic heterocycles. The molecule has 2 aromatic rings. The predicted molar refractivity (Wildman–Crippen MR) is 92.2 cm³/mol. The summed E-state index contributed by atoms with van der Waals surface area (Å²) in [6.45, 7) is 4.09. The summed E-state index contributed by atoms with van der Waals surface area (Å²) in [6.07, 6.45) is 3.23. The lowest BCUT2D eigenvalue weighted by molar-refractivity contribution is -0.130. The van der Waals surface area contributed by atoms with Crippen LogP contribution in [0.5, 0.6) is 0 Å². The SMILES string of the molecule is Cc1ccccc1/C=C1\N=C(CCc2ccccc2C)OC1=O. The third-order valence-electron chi connectivity index (χ3n) is 4.01. The molecule has 2 aromatic carbocycles. The van der Waals surface area contributed by atoms with E-state index in [1.54, 1.807) is 6.08 Å². The largest absolute Gasteiger partial charge is 0.407 e. The standard InChI is InChI=1S/C20H19NO2/c1-14-7-3-5-9-16(14)11-12-19-21-18(20(22)23-19)13-17-10-6-4-8-15(17)2/h3-10,13H,11-12H2,1-2H3/b18-13-. The number of aryl methyl sites for hydroxylation is 3. The van der Waals surface area contributed by atoms with Crippen molar-refractivity contribution < 1.29 is 9.53 Å². The van der Waals surface area contributed by atoms with E-state index in [0.29, 0.717) is 18.0 Å². The zero-order valence-corrected chi connectivity index (χ0v) is 13.4. The number of cyclic esters (lactones) is 1. The fourth-order valence-corrected chi connectivity index (χ4v) is 2.59. The third kappa shape index (κ3) is 3.57. The van der Waals surface area contributed by atoms with Gasteiger partial charge in [-0.25, -0.2) is 9.79 Å². The minimum Gasteiger partial charge on any atom is -0.407 e. The number of hydrogen-bond acceptors (Lipinski definition) is 3. The summed E-state index contributed by atoms with van der Waals surface area (Å²) in [6, 6.07) is 16.1. The highest BCUT2D eigenvalue weighted by molar-refractivity contribution is 6.07. The van der Waals surface area contributed by atoms with Crippen LogP contribution in [0.1, 0.15) is 28.7 Å². The maximum Gasteiger partial charge on any atom is 0.363 e. The van der Waals surface area contributed by atoms with Crippen LogP contribution >= 0.6 is 0 Å². The van der Waals surface area contributed by atoms with Gasteiger partial charge in [-0.05, 0) is 48.6 Å². The molecule has 0 fully saturated rings. The smallest absolute Gasteiger partial charge is 0.363 e. The molecule has 0 radical (unpaired) electrons. The predicted octanol–water partition coefficient (Wildman–Crippen LogP) is 4.23. The zero-order chi connectivity index (χ0) is 16.2. The monoisotopic (exact) mass is 305 g/mol. The topological polar surface area (TPSA) is 38.7 Å². The van der Waals surface area contributed by atoms with Gasteiger partial charge in [0.1, 0.15) is 0 Å². The minimum atomic E-state index is -0.368. The first-order valence-corrected chi connectivity index (χ1v) is 7.75. The molecule has 1 heterocycles. The number of rotatable bonds is 4. The number of esters is 1. The van der Waals surface area contributed by atoms with E-state index in [1.807, 2.05) is 43.3 Å². The van der Waals surface area contributed by atoms with Crippen LogP contribution in [0.25, 0.3) is 6.08 Å². The zero-order valence-electron chi connectivity index (χ0n) is 13.4. The number of ether oxygens (including phenoxy) is 1. The summed E-state index contributed by atoms with van der Waals surface area (Å²) >= 11 is 0. The van der Waals surface area contributed by atoms with Crippen molar-refractivity contribution in [1.29, 1.82) is 0 Å². The molecule has 0 saturated heterocycles. The van der Waals surface area contributed by atoms with Gasteiger partial charge in [-0.2, -0.15) is 0 Å². The van der Waals surface area contributed by atoms with Gasteiger partial charge in [-0.3, -0.25) is 0 Å². The molecule has 116 valence electrons. The highest BCUT2D eigenvalue weighted by Gasteiger charge is 2.22. The molecule has 0 aliphatic carbocycles. The number of aliphatic imine (C=N–C) groups is 1. The first kappa shape index (κ1) is 15.2. The lowest BCUT2D eigenvalue weighted by Gasteiger charge is -2.04. The Morgan fingerprint density at radius 3 is 2.39 bits per heavy atom.